The molecule has 0 amide bonds. The number of halogens is 6. The lowest BCUT2D eigenvalue weighted by Crippen LogP contribution is -2.32. The number of hydrogen-bond acceptors (Lipinski definition) is 2. The topological polar surface area (TPSA) is 35.6 Å². The monoisotopic (exact) mass is 462 g/mol. The van der Waals surface area contributed by atoms with Crippen LogP contribution in [0.3, 0.4) is 0 Å². The molecular weight excluding hydrogens is 434 g/mol. The summed E-state index contributed by atoms with van der Waals surface area (Å²) in [6.07, 6.45) is -1.01. The molecular formula is C22H28F6N4. The first-order chi connectivity index (χ1) is 14.6. The van der Waals surface area contributed by atoms with E-state index in [1.807, 2.05) is 20.8 Å². The average Bonchev–Trinajstić information content (AvgIpc) is 3.16. The summed E-state index contributed by atoms with van der Waals surface area (Å²) in [5.41, 5.74) is 0.625. The summed E-state index contributed by atoms with van der Waals surface area (Å²) in [5, 5.41) is 8.08. The minimum atomic E-state index is -3.22. The average molecular weight is 462 g/mol. The van der Waals surface area contributed by atoms with Gasteiger partial charge in [-0.2, -0.15) is 27.8 Å². The van der Waals surface area contributed by atoms with E-state index in [9.17, 15) is 26.3 Å². The van der Waals surface area contributed by atoms with Crippen molar-refractivity contribution >= 4 is 0 Å². The predicted molar refractivity (Wildman–Crippen MR) is 106 cm³/mol. The van der Waals surface area contributed by atoms with Crippen LogP contribution in [0.5, 0.6) is 0 Å². The minimum Gasteiger partial charge on any atom is -0.260 e. The van der Waals surface area contributed by atoms with E-state index in [1.54, 1.807) is 13.8 Å². The Morgan fingerprint density at radius 2 is 1.28 bits per heavy atom. The maximum atomic E-state index is 13.9. The standard InChI is InChI=1S/C11H14F4N2.C11H14F2N2/c1-6(2)17-9-8(7(3)16-17)10(12,13)4-5-11(9,14)15;1-5(2)15-10-9(6(3)14-15)7-4-8(7)11(10,12)13/h6H,4-5H2,1-3H3;5,7-8H,4H2,1-3H3/t;7-,8+/m.0/s1. The predicted octanol–water partition coefficient (Wildman–Crippen LogP) is 6.73. The summed E-state index contributed by atoms with van der Waals surface area (Å²) in [7, 11) is 0. The van der Waals surface area contributed by atoms with Crippen LogP contribution in [0.1, 0.15) is 98.9 Å². The fourth-order valence-corrected chi connectivity index (χ4v) is 5.07. The van der Waals surface area contributed by atoms with Crippen LogP contribution >= 0.6 is 0 Å². The summed E-state index contributed by atoms with van der Waals surface area (Å²) in [6, 6.07) is -0.354. The van der Waals surface area contributed by atoms with Crippen molar-refractivity contribution in [1.29, 1.82) is 0 Å². The molecule has 5 rings (SSSR count). The van der Waals surface area contributed by atoms with Gasteiger partial charge in [-0.05, 0) is 53.9 Å². The van der Waals surface area contributed by atoms with Crippen molar-refractivity contribution in [2.75, 3.05) is 0 Å². The van der Waals surface area contributed by atoms with Crippen molar-refractivity contribution < 1.29 is 26.3 Å². The highest BCUT2D eigenvalue weighted by Gasteiger charge is 2.66. The van der Waals surface area contributed by atoms with E-state index in [2.05, 4.69) is 10.2 Å². The first-order valence-electron chi connectivity index (χ1n) is 10.9. The van der Waals surface area contributed by atoms with Crippen molar-refractivity contribution in [2.45, 2.75) is 96.6 Å². The molecule has 32 heavy (non-hydrogen) atoms. The number of aryl methyl sites for hydroxylation is 2. The summed E-state index contributed by atoms with van der Waals surface area (Å²) in [5.74, 6) is -9.42. The minimum absolute atomic E-state index is 0.00178. The zero-order chi connectivity index (χ0) is 24.0. The van der Waals surface area contributed by atoms with Gasteiger partial charge in [0.2, 0.25) is 0 Å². The number of rotatable bonds is 2. The van der Waals surface area contributed by atoms with Gasteiger partial charge in [-0.3, -0.25) is 9.36 Å². The molecule has 3 aliphatic carbocycles. The van der Waals surface area contributed by atoms with E-state index in [0.717, 1.165) is 15.9 Å². The molecule has 0 saturated heterocycles. The maximum Gasteiger partial charge on any atom is 0.293 e. The third-order valence-electron chi connectivity index (χ3n) is 6.60. The number of nitrogens with zero attached hydrogens (tertiary/aromatic N) is 4. The molecule has 2 aromatic rings. The molecule has 0 bridgehead atoms. The maximum absolute atomic E-state index is 13.9. The van der Waals surface area contributed by atoms with Gasteiger partial charge < -0.3 is 0 Å². The Morgan fingerprint density at radius 1 is 0.781 bits per heavy atom. The SMILES string of the molecule is Cc1nn(C(C)C)c2c1C(F)(F)CCC2(F)F.Cc1nn(C(C)C)c2c1[C@H]1C[C@H]1C2(F)F. The van der Waals surface area contributed by atoms with Crippen LogP contribution in [-0.2, 0) is 17.8 Å². The van der Waals surface area contributed by atoms with Crippen molar-refractivity contribution in [3.05, 3.63) is 33.9 Å². The van der Waals surface area contributed by atoms with Crippen LogP contribution in [0.15, 0.2) is 0 Å². The number of fused-ring (bicyclic) bond motifs is 4. The Kier molecular flexibility index (Phi) is 5.07. The van der Waals surface area contributed by atoms with Gasteiger partial charge >= 0.3 is 0 Å². The Bertz CT molecular complexity index is 1050. The molecule has 4 nitrogen and oxygen atoms in total. The Labute approximate surface area is 183 Å². The second-order valence-electron chi connectivity index (χ2n) is 9.71. The second-order valence-corrected chi connectivity index (χ2v) is 9.71. The molecule has 1 saturated carbocycles. The highest BCUT2D eigenvalue weighted by Crippen LogP contribution is 2.67. The summed E-state index contributed by atoms with van der Waals surface area (Å²) < 4.78 is 85.4. The van der Waals surface area contributed by atoms with Crippen molar-refractivity contribution in [1.82, 2.24) is 19.6 Å². The molecule has 0 aliphatic heterocycles. The van der Waals surface area contributed by atoms with E-state index in [-0.39, 0.29) is 29.4 Å². The molecule has 0 radical (unpaired) electrons. The van der Waals surface area contributed by atoms with Gasteiger partial charge in [0.1, 0.15) is 11.4 Å². The summed E-state index contributed by atoms with van der Waals surface area (Å²) in [4.78, 5) is 0. The van der Waals surface area contributed by atoms with Gasteiger partial charge in [0, 0.05) is 36.4 Å². The lowest BCUT2D eigenvalue weighted by atomic mass is 9.89. The highest BCUT2D eigenvalue weighted by atomic mass is 19.3. The van der Waals surface area contributed by atoms with Crippen molar-refractivity contribution in [2.24, 2.45) is 5.92 Å². The number of alkyl halides is 6. The molecule has 0 spiro atoms. The van der Waals surface area contributed by atoms with Crippen LogP contribution in [0.2, 0.25) is 0 Å². The van der Waals surface area contributed by atoms with Gasteiger partial charge in [-0.25, -0.2) is 8.78 Å². The Hall–Kier alpha value is -2.00. The molecule has 3 aliphatic rings. The normalized spacial score (nSPS) is 25.8. The van der Waals surface area contributed by atoms with Crippen molar-refractivity contribution in [3.63, 3.8) is 0 Å². The smallest absolute Gasteiger partial charge is 0.260 e. The van der Waals surface area contributed by atoms with Gasteiger partial charge in [0.15, 0.2) is 0 Å². The van der Waals surface area contributed by atoms with E-state index in [0.29, 0.717) is 6.42 Å². The van der Waals surface area contributed by atoms with E-state index >= 15 is 0 Å². The Morgan fingerprint density at radius 3 is 1.84 bits per heavy atom. The molecule has 178 valence electrons. The van der Waals surface area contributed by atoms with Gasteiger partial charge in [-0.15, -0.1) is 0 Å². The zero-order valence-corrected chi connectivity index (χ0v) is 19.0. The van der Waals surface area contributed by atoms with Crippen LogP contribution < -0.4 is 0 Å². The molecule has 0 N–H and O–H groups in total. The van der Waals surface area contributed by atoms with Gasteiger partial charge in [0.05, 0.1) is 17.0 Å². The van der Waals surface area contributed by atoms with Crippen LogP contribution in [0.4, 0.5) is 26.3 Å². The lowest BCUT2D eigenvalue weighted by molar-refractivity contribution is -0.101. The fraction of sp³-hybridized carbons (Fsp3) is 0.727. The molecule has 2 heterocycles. The van der Waals surface area contributed by atoms with Crippen molar-refractivity contribution in [3.8, 4) is 0 Å². The third-order valence-corrected chi connectivity index (χ3v) is 6.60. The molecule has 0 aromatic carbocycles. The first-order valence-corrected chi connectivity index (χ1v) is 10.9. The van der Waals surface area contributed by atoms with Crippen LogP contribution in [0, 0.1) is 19.8 Å². The number of hydrogen-bond donors (Lipinski definition) is 0. The molecule has 2 aromatic heterocycles. The van der Waals surface area contributed by atoms with Crippen LogP contribution in [-0.4, -0.2) is 19.6 Å². The Balaban J connectivity index is 0.000000154. The van der Waals surface area contributed by atoms with Crippen LogP contribution in [0.25, 0.3) is 0 Å². The first kappa shape index (κ1) is 23.2. The summed E-state index contributed by atoms with van der Waals surface area (Å²) >= 11 is 0. The molecule has 2 atom stereocenters. The molecule has 1 fully saturated rings. The third kappa shape index (κ3) is 3.27. The molecule has 10 heteroatoms. The van der Waals surface area contributed by atoms with Gasteiger partial charge in [-0.1, -0.05) is 0 Å². The van der Waals surface area contributed by atoms with Gasteiger partial charge in [0.25, 0.3) is 17.8 Å². The quantitative estimate of drug-likeness (QED) is 0.464. The van der Waals surface area contributed by atoms with E-state index in [4.69, 9.17) is 0 Å². The van der Waals surface area contributed by atoms with E-state index in [1.165, 1.54) is 11.6 Å². The second kappa shape index (κ2) is 7.00. The fourth-order valence-electron chi connectivity index (χ4n) is 5.07. The summed E-state index contributed by atoms with van der Waals surface area (Å²) in [6.45, 7) is 10.3. The highest BCUT2D eigenvalue weighted by molar-refractivity contribution is 5.45. The number of aromatic nitrogens is 4. The van der Waals surface area contributed by atoms with E-state index < -0.39 is 47.8 Å². The largest absolute Gasteiger partial charge is 0.293 e. The zero-order valence-electron chi connectivity index (χ0n) is 19.0. The lowest BCUT2D eigenvalue weighted by Gasteiger charge is -2.30. The molecule has 0 unspecified atom stereocenters.